The number of isothiocyanates is 1. The van der Waals surface area contributed by atoms with Gasteiger partial charge in [-0.15, -0.1) is 0 Å². The molecule has 5 aromatic heterocycles. The van der Waals surface area contributed by atoms with Crippen LogP contribution >= 0.6 is 12.2 Å². The van der Waals surface area contributed by atoms with Crippen molar-refractivity contribution in [3.8, 4) is 39.9 Å². The van der Waals surface area contributed by atoms with Gasteiger partial charge in [0.25, 0.3) is 19.4 Å². The molecule has 0 aliphatic carbocycles. The second kappa shape index (κ2) is 30.1. The monoisotopic (exact) mass is 1070 g/mol. The molecular formula is C53H46F3N7O6RuS. The molecule has 364 valence electrons. The third kappa shape index (κ3) is 18.3. The summed E-state index contributed by atoms with van der Waals surface area (Å²) in [5, 5.41) is 15.3. The molecule has 71 heavy (non-hydrogen) atoms. The maximum Gasteiger partial charge on any atom is 2.00 e. The van der Waals surface area contributed by atoms with Crippen LogP contribution in [0.25, 0.3) is 63.2 Å². The summed E-state index contributed by atoms with van der Waals surface area (Å²) in [6, 6.07) is 33.3. The van der Waals surface area contributed by atoms with Gasteiger partial charge in [-0.3, -0.25) is 29.3 Å². The Kier molecular flexibility index (Phi) is 23.7. The molecule has 0 atom stereocenters. The van der Waals surface area contributed by atoms with Gasteiger partial charge in [0.05, 0.1) is 22.8 Å². The van der Waals surface area contributed by atoms with Gasteiger partial charge in [-0.25, -0.2) is 4.98 Å². The number of alkyl halides is 3. The number of hydrogen-bond acceptors (Lipinski definition) is 12. The normalized spacial score (nSPS) is 11.0. The average molecular weight is 1070 g/mol. The zero-order valence-corrected chi connectivity index (χ0v) is 40.8. The van der Waals surface area contributed by atoms with Gasteiger partial charge in [0.15, 0.2) is 0 Å². The van der Waals surface area contributed by atoms with E-state index in [9.17, 15) is 27.6 Å². The van der Waals surface area contributed by atoms with E-state index in [0.717, 1.165) is 35.6 Å². The smallest absolute Gasteiger partial charge is 0.753 e. The van der Waals surface area contributed by atoms with E-state index in [1.807, 2.05) is 66.7 Å². The van der Waals surface area contributed by atoms with Gasteiger partial charge in [0.2, 0.25) is 0 Å². The number of pyridine rings is 4. The largest absolute Gasteiger partial charge is 2.00 e. The second-order valence-corrected chi connectivity index (χ2v) is 15.2. The van der Waals surface area contributed by atoms with Crippen molar-refractivity contribution < 1.29 is 61.2 Å². The van der Waals surface area contributed by atoms with Crippen LogP contribution in [0.5, 0.6) is 5.75 Å². The summed E-state index contributed by atoms with van der Waals surface area (Å²) in [5.74, 6) is 0.966. The summed E-state index contributed by atoms with van der Waals surface area (Å²) in [4.78, 5) is 51.3. The zero-order valence-electron chi connectivity index (χ0n) is 38.2. The third-order valence-corrected chi connectivity index (χ3v) is 10.1. The molecule has 0 spiro atoms. The van der Waals surface area contributed by atoms with Gasteiger partial charge in [0, 0.05) is 47.5 Å². The molecule has 0 unspecified atom stereocenters. The Morgan fingerprint density at radius 3 is 1.62 bits per heavy atom. The number of aromatic nitrogens is 6. The Balaban J connectivity index is 0.000000332. The van der Waals surface area contributed by atoms with Crippen LogP contribution in [-0.4, -0.2) is 49.6 Å². The fraction of sp³-hybridized carbons (Fsp3) is 0.189. The van der Waals surface area contributed by atoms with Crippen molar-refractivity contribution in [2.24, 2.45) is 0 Å². The van der Waals surface area contributed by atoms with E-state index in [4.69, 9.17) is 24.6 Å². The van der Waals surface area contributed by atoms with Crippen LogP contribution < -0.4 is 9.84 Å². The topological polar surface area (TPSA) is 180 Å². The summed E-state index contributed by atoms with van der Waals surface area (Å²) in [5.41, 5.74) is 5.35. The maximum absolute atomic E-state index is 12.6. The van der Waals surface area contributed by atoms with Gasteiger partial charge in [-0.1, -0.05) is 124 Å². The second-order valence-electron chi connectivity index (χ2n) is 15.0. The van der Waals surface area contributed by atoms with Crippen LogP contribution in [0.1, 0.15) is 85.4 Å². The minimum atomic E-state index is -4.47. The van der Waals surface area contributed by atoms with Gasteiger partial charge in [-0.2, -0.15) is 18.3 Å². The molecule has 0 aliphatic rings. The SMILES string of the molecule is CCCCCCCCCc1ccnc(-c2cc(C(F)(F)F)n[n-]2)c1.O=CO/C(=C/c1ccnc(-c2cc(OC=O)cc(-c3cc(/C=C(/OC=O)c4ccccc4)ccn3)n2)c1)c1ccccc1.[N-]=C=S.[Ru+2]. The number of carbonyl (C=O) groups excluding carboxylic acids is 3. The Bertz CT molecular complexity index is 2750. The first kappa shape index (κ1) is 55.9. The Morgan fingerprint density at radius 2 is 1.14 bits per heavy atom. The van der Waals surface area contributed by atoms with E-state index in [1.165, 1.54) is 43.7 Å². The predicted octanol–water partition coefficient (Wildman–Crippen LogP) is 12.2. The Labute approximate surface area is 427 Å². The number of benzene rings is 2. The molecule has 7 aromatic rings. The Morgan fingerprint density at radius 1 is 0.648 bits per heavy atom. The molecule has 0 radical (unpaired) electrons. The number of rotatable bonds is 21. The van der Waals surface area contributed by atoms with Gasteiger partial charge in [-0.05, 0) is 84.1 Å². The van der Waals surface area contributed by atoms with Crippen molar-refractivity contribution in [2.45, 2.75) is 64.5 Å². The van der Waals surface area contributed by atoms with Crippen molar-refractivity contribution in [1.82, 2.24) is 30.1 Å². The third-order valence-electron chi connectivity index (χ3n) is 10.1. The van der Waals surface area contributed by atoms with E-state index < -0.39 is 11.9 Å². The van der Waals surface area contributed by atoms with Gasteiger partial charge < -0.3 is 29.8 Å². The number of hydrogen-bond donors (Lipinski definition) is 0. The first-order chi connectivity index (χ1) is 34.1. The number of thiocarbonyl (C=S) groups is 1. The van der Waals surface area contributed by atoms with E-state index >= 15 is 0 Å². The van der Waals surface area contributed by atoms with E-state index in [0.29, 0.717) is 70.5 Å². The van der Waals surface area contributed by atoms with Crippen LogP contribution in [0.4, 0.5) is 13.2 Å². The van der Waals surface area contributed by atoms with Crippen LogP contribution in [0.3, 0.4) is 0 Å². The number of carbonyl (C=O) groups is 3. The summed E-state index contributed by atoms with van der Waals surface area (Å²) < 4.78 is 53.4. The molecule has 5 heterocycles. The molecule has 0 amide bonds. The first-order valence-corrected chi connectivity index (χ1v) is 22.3. The molecule has 0 bridgehead atoms. The van der Waals surface area contributed by atoms with Crippen molar-refractivity contribution in [3.63, 3.8) is 0 Å². The van der Waals surface area contributed by atoms with Gasteiger partial charge >= 0.3 is 25.7 Å². The number of unbranched alkanes of at least 4 members (excludes halogenated alkanes) is 6. The number of ether oxygens (including phenoxy) is 3. The fourth-order valence-electron chi connectivity index (χ4n) is 6.84. The average Bonchev–Trinajstić information content (AvgIpc) is 3.90. The van der Waals surface area contributed by atoms with Gasteiger partial charge in [0.1, 0.15) is 23.0 Å². The molecule has 13 nitrogen and oxygen atoms in total. The predicted molar refractivity (Wildman–Crippen MR) is 264 cm³/mol. The molecule has 0 aliphatic heterocycles. The summed E-state index contributed by atoms with van der Waals surface area (Å²) >= 11 is 3.70. The summed E-state index contributed by atoms with van der Waals surface area (Å²) in [6.45, 7) is 3.28. The zero-order chi connectivity index (χ0) is 50.0. The number of aryl methyl sites for hydroxylation is 1. The molecule has 2 aromatic carbocycles. The minimum absolute atomic E-state index is 0. The molecular weight excluding hydrogens is 1020 g/mol. The quantitative estimate of drug-likeness (QED) is 0.0166. The molecule has 7 rings (SSSR count). The van der Waals surface area contributed by atoms with Crippen LogP contribution in [0, 0.1) is 0 Å². The maximum atomic E-state index is 12.6. The van der Waals surface area contributed by atoms with Crippen molar-refractivity contribution in [3.05, 3.63) is 173 Å². The number of nitrogens with zero attached hydrogens (tertiary/aromatic N) is 7. The van der Waals surface area contributed by atoms with Crippen molar-refractivity contribution >= 4 is 60.5 Å². The molecule has 18 heteroatoms. The van der Waals surface area contributed by atoms with Crippen molar-refractivity contribution in [1.29, 1.82) is 0 Å². The van der Waals surface area contributed by atoms with Crippen LogP contribution in [0.15, 0.2) is 134 Å². The first-order valence-electron chi connectivity index (χ1n) is 21.9. The molecule has 0 fully saturated rings. The van der Waals surface area contributed by atoms with E-state index in [2.05, 4.69) is 44.3 Å². The standard InChI is InChI=1S/C34H23N3O6.C18H23F3N3.CNS.Ru/c38-21-41-28-19-31(29-15-24(11-13-35-29)17-33(42-22-39)26-7-3-1-4-8-26)37-32(20-28)30-16-25(12-14-36-30)18-34(43-23-40)27-9-5-2-6-10-27;1-2-3-4-5-6-7-8-9-14-10-11-22-15(12-14)16-13-17(24-23-16)18(19,20)21;2-1-3;/h1-23H;10-13H,2-9H2,1H3;;/q;2*-1;+2/b33-17+,34-18+;;;. The van der Waals surface area contributed by atoms with Crippen LogP contribution in [0.2, 0.25) is 0 Å². The number of halogens is 3. The molecule has 0 saturated heterocycles. The summed E-state index contributed by atoms with van der Waals surface area (Å²) in [7, 11) is 0. The Hall–Kier alpha value is -7.65. The molecule has 0 N–H and O–H groups in total. The molecule has 0 saturated carbocycles. The van der Waals surface area contributed by atoms with E-state index in [1.54, 1.807) is 73.2 Å². The van der Waals surface area contributed by atoms with E-state index in [-0.39, 0.29) is 30.9 Å². The fourth-order valence-corrected chi connectivity index (χ4v) is 6.84. The summed E-state index contributed by atoms with van der Waals surface area (Å²) in [6.07, 6.45) is 13.3. The van der Waals surface area contributed by atoms with Crippen molar-refractivity contribution in [2.75, 3.05) is 0 Å². The minimum Gasteiger partial charge on any atom is -0.753 e. The van der Waals surface area contributed by atoms with Crippen LogP contribution in [-0.2, 0) is 55.9 Å².